The van der Waals surface area contributed by atoms with E-state index in [1.807, 2.05) is 0 Å². The van der Waals surface area contributed by atoms with Crippen molar-refractivity contribution in [1.29, 1.82) is 0 Å². The predicted octanol–water partition coefficient (Wildman–Crippen LogP) is 2.20. The van der Waals surface area contributed by atoms with E-state index in [1.54, 1.807) is 0 Å². The molecule has 0 bridgehead atoms. The van der Waals surface area contributed by atoms with Crippen LogP contribution in [0.4, 0.5) is 8.78 Å². The second-order valence-corrected chi connectivity index (χ2v) is 1.25. The zero-order valence-electron chi connectivity index (χ0n) is 3.71. The zero-order valence-corrected chi connectivity index (χ0v) is 4.47. The Morgan fingerprint density at radius 2 is 2.29 bits per heavy atom. The molecule has 0 N–H and O–H groups in total. The number of allylic oxidation sites excluding steroid dienone is 1. The second kappa shape index (κ2) is 2.97. The maximum Gasteiger partial charge on any atom is 0.154 e. The minimum atomic E-state index is -1.63. The first-order chi connectivity index (χ1) is 3.18. The summed E-state index contributed by atoms with van der Waals surface area (Å²) < 4.78 is 23.1. The predicted molar refractivity (Wildman–Crippen MR) is 24.3 cm³/mol. The SMILES string of the molecule is CC(F)/C(F)=[C]\Cl. The molecule has 0 spiro atoms. The smallest absolute Gasteiger partial charge is 0.154 e. The minimum absolute atomic E-state index is 1.05. The van der Waals surface area contributed by atoms with E-state index in [2.05, 4.69) is 11.6 Å². The van der Waals surface area contributed by atoms with Gasteiger partial charge in [0, 0.05) is 0 Å². The Bertz CT molecular complexity index is 77.8. The van der Waals surface area contributed by atoms with Crippen LogP contribution in [0.1, 0.15) is 6.92 Å². The lowest BCUT2D eigenvalue weighted by molar-refractivity contribution is 0.349. The molecule has 0 amide bonds. The summed E-state index contributed by atoms with van der Waals surface area (Å²) >= 11 is 4.64. The lowest BCUT2D eigenvalue weighted by Crippen LogP contribution is -1.89. The topological polar surface area (TPSA) is 0 Å². The molecular weight excluding hydrogens is 121 g/mol. The average Bonchev–Trinajstić information content (AvgIpc) is 1.65. The number of rotatable bonds is 1. The number of hydrogen-bond acceptors (Lipinski definition) is 0. The number of hydrogen-bond donors (Lipinski definition) is 0. The Hall–Kier alpha value is -0.110. The van der Waals surface area contributed by atoms with Gasteiger partial charge in [0.25, 0.3) is 0 Å². The molecule has 0 nitrogen and oxygen atoms in total. The van der Waals surface area contributed by atoms with Gasteiger partial charge in [-0.15, -0.1) is 0 Å². The Kier molecular flexibility index (Phi) is 2.92. The molecule has 0 rings (SSSR count). The molecule has 0 fully saturated rings. The van der Waals surface area contributed by atoms with Crippen LogP contribution in [0.2, 0.25) is 0 Å². The molecule has 1 atom stereocenters. The third kappa shape index (κ3) is 2.57. The third-order valence-electron chi connectivity index (χ3n) is 0.440. The van der Waals surface area contributed by atoms with E-state index in [0.717, 1.165) is 6.92 Å². The van der Waals surface area contributed by atoms with Gasteiger partial charge >= 0.3 is 0 Å². The summed E-state index contributed by atoms with van der Waals surface area (Å²) in [5.41, 5.74) is 1.51. The fraction of sp³-hybridized carbons (Fsp3) is 0.500. The molecule has 0 aromatic rings. The lowest BCUT2D eigenvalue weighted by atomic mass is 10.4. The van der Waals surface area contributed by atoms with Crippen molar-refractivity contribution in [3.05, 3.63) is 11.4 Å². The second-order valence-electron chi connectivity index (χ2n) is 1.06. The molecular formula is C4H4ClF2. The van der Waals surface area contributed by atoms with Gasteiger partial charge in [0.1, 0.15) is 0 Å². The highest BCUT2D eigenvalue weighted by atomic mass is 35.5. The maximum absolute atomic E-state index is 11.6. The van der Waals surface area contributed by atoms with Crippen molar-refractivity contribution in [3.63, 3.8) is 0 Å². The fourth-order valence-electron chi connectivity index (χ4n) is 0.0752. The molecule has 3 heteroatoms. The molecule has 0 aliphatic carbocycles. The highest BCUT2D eigenvalue weighted by molar-refractivity contribution is 6.22. The number of halogens is 3. The molecule has 7 heavy (non-hydrogen) atoms. The maximum atomic E-state index is 11.6. The van der Waals surface area contributed by atoms with Gasteiger partial charge in [0.15, 0.2) is 12.0 Å². The van der Waals surface area contributed by atoms with Crippen LogP contribution in [-0.2, 0) is 0 Å². The highest BCUT2D eigenvalue weighted by Crippen LogP contribution is 2.06. The molecule has 0 aromatic carbocycles. The minimum Gasteiger partial charge on any atom is -0.240 e. The van der Waals surface area contributed by atoms with Crippen molar-refractivity contribution >= 4 is 11.6 Å². The molecule has 1 radical (unpaired) electrons. The Morgan fingerprint density at radius 3 is 2.29 bits per heavy atom. The van der Waals surface area contributed by atoms with Crippen LogP contribution in [0.3, 0.4) is 0 Å². The summed E-state index contributed by atoms with van der Waals surface area (Å²) in [6, 6.07) is 0. The van der Waals surface area contributed by atoms with Crippen molar-refractivity contribution in [1.82, 2.24) is 0 Å². The summed E-state index contributed by atoms with van der Waals surface area (Å²) in [4.78, 5) is 0. The molecule has 0 saturated heterocycles. The average molecular weight is 126 g/mol. The molecule has 41 valence electrons. The molecule has 0 heterocycles. The van der Waals surface area contributed by atoms with Crippen LogP contribution in [0.15, 0.2) is 5.83 Å². The van der Waals surface area contributed by atoms with Crippen LogP contribution >= 0.6 is 11.6 Å². The standard InChI is InChI=1S/C4H4ClF2/c1-3(6)4(7)2-5/h3H,1H3. The number of alkyl halides is 1. The summed E-state index contributed by atoms with van der Waals surface area (Å²) in [6.07, 6.45) is -1.63. The molecule has 0 aliphatic rings. The van der Waals surface area contributed by atoms with Crippen molar-refractivity contribution < 1.29 is 8.78 Å². The van der Waals surface area contributed by atoms with Crippen LogP contribution in [0, 0.1) is 5.54 Å². The van der Waals surface area contributed by atoms with Crippen LogP contribution in [0.25, 0.3) is 0 Å². The normalized spacial score (nSPS) is 16.9. The van der Waals surface area contributed by atoms with Gasteiger partial charge in [-0.05, 0) is 6.92 Å². The Morgan fingerprint density at radius 1 is 1.86 bits per heavy atom. The van der Waals surface area contributed by atoms with E-state index >= 15 is 0 Å². The first-order valence-electron chi connectivity index (χ1n) is 1.71. The highest BCUT2D eigenvalue weighted by Gasteiger charge is 2.02. The van der Waals surface area contributed by atoms with Crippen molar-refractivity contribution in [3.8, 4) is 0 Å². The fourth-order valence-corrected chi connectivity index (χ4v) is 0.226. The van der Waals surface area contributed by atoms with Gasteiger partial charge in [-0.3, -0.25) is 0 Å². The van der Waals surface area contributed by atoms with E-state index in [4.69, 9.17) is 0 Å². The monoisotopic (exact) mass is 125 g/mol. The first-order valence-corrected chi connectivity index (χ1v) is 2.09. The summed E-state index contributed by atoms with van der Waals surface area (Å²) in [6.45, 7) is 1.05. The Labute approximate surface area is 45.8 Å². The molecule has 0 aliphatic heterocycles. The molecule has 1 unspecified atom stereocenters. The quantitative estimate of drug-likeness (QED) is 0.504. The van der Waals surface area contributed by atoms with E-state index in [1.165, 1.54) is 5.54 Å². The first kappa shape index (κ1) is 6.89. The van der Waals surface area contributed by atoms with E-state index in [-0.39, 0.29) is 0 Å². The van der Waals surface area contributed by atoms with Gasteiger partial charge < -0.3 is 0 Å². The lowest BCUT2D eigenvalue weighted by Gasteiger charge is -1.89. The van der Waals surface area contributed by atoms with E-state index < -0.39 is 12.0 Å². The van der Waals surface area contributed by atoms with Gasteiger partial charge in [-0.25, -0.2) is 8.78 Å². The van der Waals surface area contributed by atoms with E-state index in [9.17, 15) is 8.78 Å². The summed E-state index contributed by atoms with van der Waals surface area (Å²) in [5.74, 6) is -1.05. The van der Waals surface area contributed by atoms with E-state index in [0.29, 0.717) is 0 Å². The van der Waals surface area contributed by atoms with Crippen LogP contribution < -0.4 is 0 Å². The van der Waals surface area contributed by atoms with Gasteiger partial charge in [0.2, 0.25) is 0 Å². The zero-order chi connectivity index (χ0) is 5.86. The largest absolute Gasteiger partial charge is 0.240 e. The van der Waals surface area contributed by atoms with Gasteiger partial charge in [0.05, 0.1) is 5.54 Å². The third-order valence-corrected chi connectivity index (χ3v) is 0.620. The Balaban J connectivity index is 3.56. The van der Waals surface area contributed by atoms with Gasteiger partial charge in [-0.2, -0.15) is 0 Å². The summed E-state index contributed by atoms with van der Waals surface area (Å²) in [5, 5.41) is 0. The van der Waals surface area contributed by atoms with Crippen molar-refractivity contribution in [2.45, 2.75) is 13.1 Å². The van der Waals surface area contributed by atoms with Gasteiger partial charge in [-0.1, -0.05) is 11.6 Å². The summed E-state index contributed by atoms with van der Waals surface area (Å²) in [7, 11) is 0. The van der Waals surface area contributed by atoms with Crippen LogP contribution in [0.5, 0.6) is 0 Å². The van der Waals surface area contributed by atoms with Crippen LogP contribution in [-0.4, -0.2) is 6.17 Å². The molecule has 0 aromatic heterocycles. The van der Waals surface area contributed by atoms with Crippen molar-refractivity contribution in [2.75, 3.05) is 0 Å². The van der Waals surface area contributed by atoms with Crippen molar-refractivity contribution in [2.24, 2.45) is 0 Å². The molecule has 0 saturated carbocycles.